The predicted molar refractivity (Wildman–Crippen MR) is 37.1 cm³/mol. The molecule has 0 aliphatic carbocycles. The Balaban J connectivity index is 4.49. The topological polar surface area (TPSA) is 86.7 Å². The highest BCUT2D eigenvalue weighted by Gasteiger charge is 2.03. The van der Waals surface area contributed by atoms with Crippen LogP contribution in [-0.4, -0.2) is 23.0 Å². The molecule has 0 heterocycles. The summed E-state index contributed by atoms with van der Waals surface area (Å²) in [7, 11) is 0. The minimum absolute atomic E-state index is 0.111. The lowest BCUT2D eigenvalue weighted by Crippen LogP contribution is -2.36. The average Bonchev–Trinajstić information content (AvgIpc) is 1.81. The van der Waals surface area contributed by atoms with Crippen LogP contribution in [0.15, 0.2) is 11.6 Å². The molecule has 4 nitrogen and oxygen atoms in total. The fourth-order valence-electron chi connectivity index (χ4n) is 0.410. The molecule has 0 saturated carbocycles. The van der Waals surface area contributed by atoms with Gasteiger partial charge in [-0.1, -0.05) is 0 Å². The van der Waals surface area contributed by atoms with Crippen LogP contribution in [-0.2, 0) is 4.79 Å². The van der Waals surface area contributed by atoms with Crippen molar-refractivity contribution in [1.29, 1.82) is 5.41 Å². The highest BCUT2D eigenvalue weighted by atomic mass is 16.4. The van der Waals surface area contributed by atoms with Crippen molar-refractivity contribution < 1.29 is 15.3 Å². The maximum atomic E-state index is 10.2. The van der Waals surface area contributed by atoms with Gasteiger partial charge >= 0.3 is 5.97 Å². The Bertz CT molecular complexity index is 206. The number of hydrogen-bond acceptors (Lipinski definition) is 2. The van der Waals surface area contributed by atoms with Crippen LogP contribution in [0.1, 0.15) is 6.92 Å². The third-order valence-electron chi connectivity index (χ3n) is 0.786. The quantitative estimate of drug-likeness (QED) is 0.343. The monoisotopic (exact) mass is 141 g/mol. The van der Waals surface area contributed by atoms with Crippen LogP contribution in [0.4, 0.5) is 0 Å². The number of carboxylic acids is 1. The molecule has 0 aromatic rings. The molecule has 10 heavy (non-hydrogen) atoms. The molecule has 0 saturated heterocycles. The standard InChI is InChI=1S/C6H8N2O2/c1-4(8)2-5(3-7)6(9)10/h2-3,7-8H,1H3,(H,9,10)/p+1/b5-2+,7-3?,8-4?. The molecule has 0 unspecified atom stereocenters. The Morgan fingerprint density at radius 1 is 1.70 bits per heavy atom. The van der Waals surface area contributed by atoms with Crippen molar-refractivity contribution in [1.82, 2.24) is 0 Å². The van der Waals surface area contributed by atoms with Gasteiger partial charge in [0.25, 0.3) is 0 Å². The van der Waals surface area contributed by atoms with E-state index in [0.29, 0.717) is 5.71 Å². The van der Waals surface area contributed by atoms with Gasteiger partial charge in [0.1, 0.15) is 0 Å². The van der Waals surface area contributed by atoms with Gasteiger partial charge in [0.2, 0.25) is 0 Å². The first-order valence-electron chi connectivity index (χ1n) is 2.62. The van der Waals surface area contributed by atoms with Gasteiger partial charge in [-0.2, -0.15) is 0 Å². The minimum Gasteiger partial charge on any atom is -0.478 e. The fourth-order valence-corrected chi connectivity index (χ4v) is 0.410. The minimum atomic E-state index is -1.14. The Morgan fingerprint density at radius 2 is 2.20 bits per heavy atom. The van der Waals surface area contributed by atoms with Crippen molar-refractivity contribution in [3.8, 4) is 0 Å². The summed E-state index contributed by atoms with van der Waals surface area (Å²) in [6.07, 6.45) is 1.98. The van der Waals surface area contributed by atoms with Crippen LogP contribution in [0.5, 0.6) is 0 Å². The molecule has 0 rings (SSSR count). The molecule has 0 aliphatic rings. The van der Waals surface area contributed by atoms with E-state index in [0.717, 1.165) is 6.21 Å². The molecule has 0 atom stereocenters. The van der Waals surface area contributed by atoms with Crippen molar-refractivity contribution >= 4 is 17.9 Å². The Morgan fingerprint density at radius 3 is 2.30 bits per heavy atom. The number of rotatable bonds is 3. The molecule has 4 N–H and O–H groups in total. The summed E-state index contributed by atoms with van der Waals surface area (Å²) in [5, 5.41) is 20.2. The van der Waals surface area contributed by atoms with E-state index in [2.05, 4.69) is 0 Å². The van der Waals surface area contributed by atoms with Crippen LogP contribution < -0.4 is 5.41 Å². The lowest BCUT2D eigenvalue weighted by atomic mass is 10.2. The van der Waals surface area contributed by atoms with Crippen LogP contribution in [0, 0.1) is 5.41 Å². The highest BCUT2D eigenvalue weighted by Crippen LogP contribution is 1.88. The van der Waals surface area contributed by atoms with Gasteiger partial charge in [-0.25, -0.2) is 4.79 Å². The Kier molecular flexibility index (Phi) is 3.04. The SMILES string of the molecule is CC(=[NH2+])/C=C(\C=N)C(=O)O. The fraction of sp³-hybridized carbons (Fsp3) is 0.167. The number of aliphatic carboxylic acids is 1. The third-order valence-corrected chi connectivity index (χ3v) is 0.786. The van der Waals surface area contributed by atoms with Crippen molar-refractivity contribution in [3.05, 3.63) is 11.6 Å². The Labute approximate surface area is 58.2 Å². The molecule has 0 amide bonds. The number of carbonyl (C=O) groups is 1. The van der Waals surface area contributed by atoms with E-state index in [4.69, 9.17) is 15.9 Å². The first-order valence-corrected chi connectivity index (χ1v) is 2.62. The number of nitrogens with two attached hydrogens (primary N) is 1. The summed E-state index contributed by atoms with van der Waals surface area (Å²) < 4.78 is 0. The molecule has 4 heteroatoms. The van der Waals surface area contributed by atoms with E-state index in [1.807, 2.05) is 0 Å². The zero-order chi connectivity index (χ0) is 8.15. The number of nitrogens with one attached hydrogen (secondary N) is 1. The molecule has 0 bridgehead atoms. The molecule has 0 spiro atoms. The van der Waals surface area contributed by atoms with Crippen molar-refractivity contribution in [3.63, 3.8) is 0 Å². The highest BCUT2D eigenvalue weighted by molar-refractivity contribution is 6.12. The van der Waals surface area contributed by atoms with Crippen LogP contribution in [0.25, 0.3) is 0 Å². The third kappa shape index (κ3) is 2.76. The molecule has 54 valence electrons. The van der Waals surface area contributed by atoms with E-state index >= 15 is 0 Å². The largest absolute Gasteiger partial charge is 0.478 e. The lowest BCUT2D eigenvalue weighted by molar-refractivity contribution is -0.132. The predicted octanol–water partition coefficient (Wildman–Crippen LogP) is -1.13. The molecule has 0 radical (unpaired) electrons. The summed E-state index contributed by atoms with van der Waals surface area (Å²) in [5.74, 6) is -1.14. The average molecular weight is 141 g/mol. The van der Waals surface area contributed by atoms with Gasteiger partial charge in [-0.05, 0) is 0 Å². The molecule has 0 aromatic heterocycles. The molecule has 0 aliphatic heterocycles. The molecule has 0 fully saturated rings. The smallest absolute Gasteiger partial charge is 0.337 e. The number of carboxylic acid groups (broad SMARTS) is 1. The second-order valence-corrected chi connectivity index (χ2v) is 1.79. The van der Waals surface area contributed by atoms with E-state index < -0.39 is 5.97 Å². The first kappa shape index (κ1) is 8.55. The normalized spacial score (nSPS) is 10.7. The van der Waals surface area contributed by atoms with Gasteiger partial charge < -0.3 is 10.5 Å². The van der Waals surface area contributed by atoms with Crippen LogP contribution >= 0.6 is 0 Å². The lowest BCUT2D eigenvalue weighted by Gasteiger charge is -1.87. The zero-order valence-electron chi connectivity index (χ0n) is 5.59. The van der Waals surface area contributed by atoms with Gasteiger partial charge in [0, 0.05) is 19.2 Å². The first-order chi connectivity index (χ1) is 4.57. The summed E-state index contributed by atoms with van der Waals surface area (Å²) in [4.78, 5) is 10.2. The molecular weight excluding hydrogens is 132 g/mol. The van der Waals surface area contributed by atoms with Gasteiger partial charge in [-0.15, -0.1) is 0 Å². The zero-order valence-corrected chi connectivity index (χ0v) is 5.59. The van der Waals surface area contributed by atoms with Gasteiger partial charge in [0.05, 0.1) is 5.57 Å². The van der Waals surface area contributed by atoms with Crippen LogP contribution in [0.2, 0.25) is 0 Å². The summed E-state index contributed by atoms with van der Waals surface area (Å²) in [6, 6.07) is 0. The number of allylic oxidation sites excluding steroid dienone is 1. The molecule has 0 aromatic carbocycles. The second-order valence-electron chi connectivity index (χ2n) is 1.79. The van der Waals surface area contributed by atoms with E-state index in [1.165, 1.54) is 6.08 Å². The van der Waals surface area contributed by atoms with Crippen molar-refractivity contribution in [2.24, 2.45) is 0 Å². The molecular formula is C6H9N2O2+. The van der Waals surface area contributed by atoms with Gasteiger partial charge in [0.15, 0.2) is 5.71 Å². The summed E-state index contributed by atoms with van der Waals surface area (Å²) in [6.45, 7) is 1.56. The van der Waals surface area contributed by atoms with Gasteiger partial charge in [-0.3, -0.25) is 5.41 Å². The maximum absolute atomic E-state index is 10.2. The number of hydrogen-bond donors (Lipinski definition) is 3. The van der Waals surface area contributed by atoms with Crippen molar-refractivity contribution in [2.75, 3.05) is 0 Å². The summed E-state index contributed by atoms with van der Waals surface area (Å²) >= 11 is 0. The Hall–Kier alpha value is -1.45. The van der Waals surface area contributed by atoms with E-state index in [9.17, 15) is 4.79 Å². The van der Waals surface area contributed by atoms with Crippen molar-refractivity contribution in [2.45, 2.75) is 6.92 Å². The van der Waals surface area contributed by atoms with Crippen LogP contribution in [0.3, 0.4) is 0 Å². The van der Waals surface area contributed by atoms with E-state index in [-0.39, 0.29) is 5.57 Å². The van der Waals surface area contributed by atoms with E-state index in [1.54, 1.807) is 6.92 Å². The second kappa shape index (κ2) is 3.55. The maximum Gasteiger partial charge on any atom is 0.337 e. The summed E-state index contributed by atoms with van der Waals surface area (Å²) in [5.41, 5.74) is 0.265.